The van der Waals surface area contributed by atoms with Crippen molar-refractivity contribution in [1.82, 2.24) is 4.98 Å². The van der Waals surface area contributed by atoms with Gasteiger partial charge in [0.1, 0.15) is 0 Å². The minimum Gasteiger partial charge on any atom is -0.320 e. The normalized spacial score (nSPS) is 10.6. The van der Waals surface area contributed by atoms with E-state index < -0.39 is 0 Å². The summed E-state index contributed by atoms with van der Waals surface area (Å²) in [6.07, 6.45) is 3.32. The van der Waals surface area contributed by atoms with Gasteiger partial charge in [-0.15, -0.1) is 11.3 Å². The molecule has 3 aromatic rings. The number of hydrogen-bond donors (Lipinski definition) is 1. The van der Waals surface area contributed by atoms with E-state index in [2.05, 4.69) is 10.3 Å². The van der Waals surface area contributed by atoms with Crippen molar-refractivity contribution in [2.75, 3.05) is 5.32 Å². The van der Waals surface area contributed by atoms with E-state index in [0.717, 1.165) is 20.5 Å². The summed E-state index contributed by atoms with van der Waals surface area (Å²) in [5.74, 6) is -0.0771. The molecule has 0 aliphatic heterocycles. The number of carbonyl (C=O) groups is 1. The first-order valence-corrected chi connectivity index (χ1v) is 6.77. The largest absolute Gasteiger partial charge is 0.320 e. The van der Waals surface area contributed by atoms with Gasteiger partial charge in [-0.2, -0.15) is 0 Å². The Balaban J connectivity index is 1.96. The Bertz CT molecular complexity index is 734. The number of nitrogens with one attached hydrogen (secondary N) is 1. The summed E-state index contributed by atoms with van der Waals surface area (Å²) in [7, 11) is 0. The predicted octanol–water partition coefficient (Wildman–Crippen LogP) is 3.86. The minimum atomic E-state index is -0.0771. The van der Waals surface area contributed by atoms with E-state index in [1.165, 1.54) is 11.3 Å². The number of nitrogens with zero attached hydrogens (tertiary/aromatic N) is 1. The molecule has 0 bridgehead atoms. The molecular weight excluding hydrogens is 256 g/mol. The van der Waals surface area contributed by atoms with Crippen LogP contribution in [-0.4, -0.2) is 10.9 Å². The lowest BCUT2D eigenvalue weighted by Gasteiger charge is -2.03. The lowest BCUT2D eigenvalue weighted by molar-refractivity contribution is 0.103. The maximum absolute atomic E-state index is 12.3. The van der Waals surface area contributed by atoms with E-state index in [9.17, 15) is 4.79 Å². The van der Waals surface area contributed by atoms with Crippen LogP contribution in [0.2, 0.25) is 0 Å². The highest BCUT2D eigenvalue weighted by molar-refractivity contribution is 7.21. The Morgan fingerprint density at radius 1 is 1.21 bits per heavy atom. The van der Waals surface area contributed by atoms with Crippen LogP contribution in [0.5, 0.6) is 0 Å². The van der Waals surface area contributed by atoms with Crippen molar-refractivity contribution in [3.8, 4) is 0 Å². The second-order valence-electron chi connectivity index (χ2n) is 4.25. The molecule has 4 heteroatoms. The fraction of sp³-hybridized carbons (Fsp3) is 0.0667. The second kappa shape index (κ2) is 4.82. The van der Waals surface area contributed by atoms with Gasteiger partial charge in [-0.05, 0) is 36.1 Å². The number of rotatable bonds is 2. The van der Waals surface area contributed by atoms with Crippen LogP contribution in [0.1, 0.15) is 15.2 Å². The number of thiophene rings is 1. The van der Waals surface area contributed by atoms with Gasteiger partial charge in [0.15, 0.2) is 0 Å². The number of aromatic nitrogens is 1. The highest BCUT2D eigenvalue weighted by Crippen LogP contribution is 2.30. The summed E-state index contributed by atoms with van der Waals surface area (Å²) in [6, 6.07) is 11.7. The molecule has 0 saturated heterocycles. The number of fused-ring (bicyclic) bond motifs is 1. The van der Waals surface area contributed by atoms with Gasteiger partial charge in [-0.1, -0.05) is 18.2 Å². The smallest absolute Gasteiger partial charge is 0.266 e. The molecule has 0 unspecified atom stereocenters. The van der Waals surface area contributed by atoms with Gasteiger partial charge in [0, 0.05) is 10.9 Å². The standard InChI is InChI=1S/C15H12N2OS/c1-10-12-6-2-3-7-13(12)19-14(10)15(18)17-11-5-4-8-16-9-11/h2-9H,1H3,(H,17,18). The fourth-order valence-corrected chi connectivity index (χ4v) is 3.12. The Morgan fingerprint density at radius 2 is 2.05 bits per heavy atom. The molecule has 0 fully saturated rings. The van der Waals surface area contributed by atoms with Crippen LogP contribution in [0, 0.1) is 6.92 Å². The van der Waals surface area contributed by atoms with Gasteiger partial charge in [-0.3, -0.25) is 9.78 Å². The Kier molecular flexibility index (Phi) is 3.01. The van der Waals surface area contributed by atoms with Crippen LogP contribution in [0.25, 0.3) is 10.1 Å². The number of hydrogen-bond acceptors (Lipinski definition) is 3. The van der Waals surface area contributed by atoms with Crippen molar-refractivity contribution >= 4 is 33.0 Å². The molecule has 3 nitrogen and oxygen atoms in total. The summed E-state index contributed by atoms with van der Waals surface area (Å²) < 4.78 is 1.14. The van der Waals surface area contributed by atoms with Gasteiger partial charge in [0.2, 0.25) is 0 Å². The van der Waals surface area contributed by atoms with Crippen molar-refractivity contribution in [2.24, 2.45) is 0 Å². The molecule has 2 aromatic heterocycles. The first-order chi connectivity index (χ1) is 9.25. The van der Waals surface area contributed by atoms with Crippen molar-refractivity contribution in [1.29, 1.82) is 0 Å². The zero-order chi connectivity index (χ0) is 13.2. The molecule has 0 radical (unpaired) electrons. The summed E-state index contributed by atoms with van der Waals surface area (Å²) in [6.45, 7) is 1.98. The Labute approximate surface area is 114 Å². The number of pyridine rings is 1. The summed E-state index contributed by atoms with van der Waals surface area (Å²) in [5.41, 5.74) is 1.74. The predicted molar refractivity (Wildman–Crippen MR) is 78.8 cm³/mol. The molecule has 3 rings (SSSR count). The molecule has 0 saturated carbocycles. The average molecular weight is 268 g/mol. The number of carbonyl (C=O) groups excluding carboxylic acids is 1. The summed E-state index contributed by atoms with van der Waals surface area (Å²) in [4.78, 5) is 17.0. The average Bonchev–Trinajstić information content (AvgIpc) is 2.78. The van der Waals surface area contributed by atoms with E-state index in [0.29, 0.717) is 5.69 Å². The molecule has 1 amide bonds. The molecule has 0 aliphatic carbocycles. The van der Waals surface area contributed by atoms with Crippen LogP contribution in [0.15, 0.2) is 48.8 Å². The van der Waals surface area contributed by atoms with Gasteiger partial charge < -0.3 is 5.32 Å². The van der Waals surface area contributed by atoms with Crippen LogP contribution < -0.4 is 5.32 Å². The van der Waals surface area contributed by atoms with E-state index >= 15 is 0 Å². The van der Waals surface area contributed by atoms with Gasteiger partial charge in [0.25, 0.3) is 5.91 Å². The molecule has 2 heterocycles. The van der Waals surface area contributed by atoms with Crippen molar-refractivity contribution in [3.05, 3.63) is 59.2 Å². The minimum absolute atomic E-state index is 0.0771. The maximum Gasteiger partial charge on any atom is 0.266 e. The van der Waals surface area contributed by atoms with Crippen molar-refractivity contribution < 1.29 is 4.79 Å². The van der Waals surface area contributed by atoms with Crippen LogP contribution in [0.4, 0.5) is 5.69 Å². The third-order valence-corrected chi connectivity index (χ3v) is 4.24. The zero-order valence-corrected chi connectivity index (χ0v) is 11.2. The number of anilines is 1. The van der Waals surface area contributed by atoms with Crippen LogP contribution >= 0.6 is 11.3 Å². The number of aryl methyl sites for hydroxylation is 1. The zero-order valence-electron chi connectivity index (χ0n) is 10.4. The van der Waals surface area contributed by atoms with E-state index in [4.69, 9.17) is 0 Å². The molecule has 0 spiro atoms. The molecule has 0 aliphatic rings. The molecule has 1 N–H and O–H groups in total. The summed E-state index contributed by atoms with van der Waals surface area (Å²) in [5, 5.41) is 4.01. The monoisotopic (exact) mass is 268 g/mol. The number of amides is 1. The topological polar surface area (TPSA) is 42.0 Å². The highest BCUT2D eigenvalue weighted by atomic mass is 32.1. The van der Waals surface area contributed by atoms with Crippen molar-refractivity contribution in [2.45, 2.75) is 6.92 Å². The van der Waals surface area contributed by atoms with Gasteiger partial charge in [-0.25, -0.2) is 0 Å². The second-order valence-corrected chi connectivity index (χ2v) is 5.30. The third kappa shape index (κ3) is 2.22. The van der Waals surface area contributed by atoms with Gasteiger partial charge in [0.05, 0.1) is 16.8 Å². The van der Waals surface area contributed by atoms with Crippen LogP contribution in [0.3, 0.4) is 0 Å². The lowest BCUT2D eigenvalue weighted by atomic mass is 10.1. The van der Waals surface area contributed by atoms with Gasteiger partial charge >= 0.3 is 0 Å². The van der Waals surface area contributed by atoms with E-state index in [1.54, 1.807) is 18.5 Å². The molecule has 94 valence electrons. The molecular formula is C15H12N2OS. The molecule has 19 heavy (non-hydrogen) atoms. The van der Waals surface area contributed by atoms with Crippen LogP contribution in [-0.2, 0) is 0 Å². The molecule has 1 aromatic carbocycles. The first-order valence-electron chi connectivity index (χ1n) is 5.95. The number of benzene rings is 1. The van der Waals surface area contributed by atoms with E-state index in [-0.39, 0.29) is 5.91 Å². The molecule has 0 atom stereocenters. The quantitative estimate of drug-likeness (QED) is 0.767. The Morgan fingerprint density at radius 3 is 2.79 bits per heavy atom. The fourth-order valence-electron chi connectivity index (χ4n) is 2.02. The first kappa shape index (κ1) is 11.9. The third-order valence-electron chi connectivity index (χ3n) is 2.97. The Hall–Kier alpha value is -2.20. The summed E-state index contributed by atoms with van der Waals surface area (Å²) >= 11 is 1.52. The maximum atomic E-state index is 12.3. The SMILES string of the molecule is Cc1c(C(=O)Nc2cccnc2)sc2ccccc12. The van der Waals surface area contributed by atoms with Crippen molar-refractivity contribution in [3.63, 3.8) is 0 Å². The highest BCUT2D eigenvalue weighted by Gasteiger charge is 2.15. The lowest BCUT2D eigenvalue weighted by Crippen LogP contribution is -2.11. The van der Waals surface area contributed by atoms with E-state index in [1.807, 2.05) is 37.3 Å².